The van der Waals surface area contributed by atoms with Crippen LogP contribution in [0.15, 0.2) is 6.33 Å². The highest BCUT2D eigenvalue weighted by molar-refractivity contribution is 7.11. The highest BCUT2D eigenvalue weighted by Crippen LogP contribution is 2.16. The van der Waals surface area contributed by atoms with E-state index >= 15 is 0 Å². The Morgan fingerprint density at radius 1 is 1.41 bits per heavy atom. The lowest BCUT2D eigenvalue weighted by atomic mass is 10.4. The van der Waals surface area contributed by atoms with Crippen LogP contribution in [0.3, 0.4) is 0 Å². The van der Waals surface area contributed by atoms with Crippen molar-refractivity contribution in [1.29, 1.82) is 0 Å². The van der Waals surface area contributed by atoms with E-state index in [9.17, 15) is 0 Å². The maximum atomic E-state index is 4.49. The molecule has 1 N–H and O–H groups in total. The second-order valence-corrected chi connectivity index (χ2v) is 5.18. The molecular weight excluding hydrogens is 234 g/mol. The predicted molar refractivity (Wildman–Crippen MR) is 68.1 cm³/mol. The summed E-state index contributed by atoms with van der Waals surface area (Å²) in [5, 5.41) is 8.68. The zero-order valence-electron chi connectivity index (χ0n) is 10.4. The van der Waals surface area contributed by atoms with Gasteiger partial charge in [-0.25, -0.2) is 14.6 Å². The van der Waals surface area contributed by atoms with Gasteiger partial charge in [-0.15, -0.1) is 11.3 Å². The summed E-state index contributed by atoms with van der Waals surface area (Å²) in [6, 6.07) is 0. The summed E-state index contributed by atoms with van der Waals surface area (Å²) in [6.45, 7) is 8.55. The molecule has 0 bridgehead atoms. The van der Waals surface area contributed by atoms with Crippen molar-refractivity contribution in [3.63, 3.8) is 0 Å². The Bertz CT molecular complexity index is 468. The molecule has 0 fully saturated rings. The Kier molecular flexibility index (Phi) is 3.86. The van der Waals surface area contributed by atoms with Crippen molar-refractivity contribution in [2.45, 2.75) is 33.9 Å². The van der Waals surface area contributed by atoms with Crippen LogP contribution in [0.5, 0.6) is 0 Å². The molecule has 0 aliphatic heterocycles. The van der Waals surface area contributed by atoms with Crippen LogP contribution in [0.1, 0.15) is 28.3 Å². The summed E-state index contributed by atoms with van der Waals surface area (Å²) in [5.41, 5.74) is 1.11. The SMILES string of the molecule is CCNCc1ncn(Cc2nc(C)c(C)s2)n1. The molecule has 2 rings (SSSR count). The van der Waals surface area contributed by atoms with Gasteiger partial charge >= 0.3 is 0 Å². The van der Waals surface area contributed by atoms with Gasteiger partial charge in [0.2, 0.25) is 0 Å². The molecule has 0 spiro atoms. The molecule has 5 nitrogen and oxygen atoms in total. The van der Waals surface area contributed by atoms with Crippen molar-refractivity contribution in [3.05, 3.63) is 27.7 Å². The van der Waals surface area contributed by atoms with Crippen LogP contribution in [0, 0.1) is 13.8 Å². The number of aryl methyl sites for hydroxylation is 2. The quantitative estimate of drug-likeness (QED) is 0.875. The van der Waals surface area contributed by atoms with Crippen molar-refractivity contribution < 1.29 is 0 Å². The number of nitrogens with one attached hydrogen (secondary N) is 1. The van der Waals surface area contributed by atoms with Crippen LogP contribution in [-0.4, -0.2) is 26.3 Å². The minimum Gasteiger partial charge on any atom is -0.310 e. The molecule has 0 saturated heterocycles. The van der Waals surface area contributed by atoms with E-state index in [0.717, 1.165) is 29.6 Å². The van der Waals surface area contributed by atoms with E-state index in [-0.39, 0.29) is 0 Å². The number of hydrogen-bond donors (Lipinski definition) is 1. The van der Waals surface area contributed by atoms with Gasteiger partial charge in [0, 0.05) is 4.88 Å². The normalized spacial score (nSPS) is 11.0. The first-order valence-electron chi connectivity index (χ1n) is 5.71. The molecule has 0 aliphatic carbocycles. The smallest absolute Gasteiger partial charge is 0.164 e. The number of hydrogen-bond acceptors (Lipinski definition) is 5. The average molecular weight is 251 g/mol. The average Bonchev–Trinajstić information content (AvgIpc) is 2.85. The van der Waals surface area contributed by atoms with Gasteiger partial charge in [-0.05, 0) is 20.4 Å². The van der Waals surface area contributed by atoms with Crippen molar-refractivity contribution in [1.82, 2.24) is 25.1 Å². The van der Waals surface area contributed by atoms with Gasteiger partial charge in [0.1, 0.15) is 11.3 Å². The molecule has 0 unspecified atom stereocenters. The van der Waals surface area contributed by atoms with Gasteiger partial charge in [-0.3, -0.25) is 0 Å². The van der Waals surface area contributed by atoms with Gasteiger partial charge < -0.3 is 5.32 Å². The predicted octanol–water partition coefficient (Wildman–Crippen LogP) is 1.51. The van der Waals surface area contributed by atoms with E-state index in [4.69, 9.17) is 0 Å². The first-order chi connectivity index (χ1) is 8.19. The van der Waals surface area contributed by atoms with Gasteiger partial charge in [-0.2, -0.15) is 5.10 Å². The first-order valence-corrected chi connectivity index (χ1v) is 6.52. The monoisotopic (exact) mass is 251 g/mol. The summed E-state index contributed by atoms with van der Waals surface area (Å²) in [5.74, 6) is 0.830. The van der Waals surface area contributed by atoms with Crippen LogP contribution in [0.25, 0.3) is 0 Å². The molecule has 2 aromatic heterocycles. The van der Waals surface area contributed by atoms with Gasteiger partial charge in [-0.1, -0.05) is 6.92 Å². The third-order valence-electron chi connectivity index (χ3n) is 2.49. The molecular formula is C11H17N5S. The summed E-state index contributed by atoms with van der Waals surface area (Å²) >= 11 is 1.72. The van der Waals surface area contributed by atoms with Crippen LogP contribution in [-0.2, 0) is 13.1 Å². The Hall–Kier alpha value is -1.27. The minimum atomic E-state index is 0.707. The summed E-state index contributed by atoms with van der Waals surface area (Å²) in [4.78, 5) is 10.0. The Morgan fingerprint density at radius 2 is 2.24 bits per heavy atom. The fraction of sp³-hybridized carbons (Fsp3) is 0.545. The summed E-state index contributed by atoms with van der Waals surface area (Å²) in [7, 11) is 0. The lowest BCUT2D eigenvalue weighted by molar-refractivity contribution is 0.641. The third kappa shape index (κ3) is 3.10. The van der Waals surface area contributed by atoms with Gasteiger partial charge in [0.05, 0.1) is 18.8 Å². The summed E-state index contributed by atoms with van der Waals surface area (Å²) < 4.78 is 1.84. The molecule has 17 heavy (non-hydrogen) atoms. The largest absolute Gasteiger partial charge is 0.310 e. The van der Waals surface area contributed by atoms with Crippen LogP contribution in [0.4, 0.5) is 0 Å². The van der Waals surface area contributed by atoms with Gasteiger partial charge in [0.15, 0.2) is 5.82 Å². The third-order valence-corrected chi connectivity index (χ3v) is 3.54. The molecule has 0 aliphatic rings. The second kappa shape index (κ2) is 5.37. The first kappa shape index (κ1) is 12.2. The van der Waals surface area contributed by atoms with E-state index in [1.165, 1.54) is 4.88 Å². The molecule has 2 aromatic rings. The number of nitrogens with zero attached hydrogens (tertiary/aromatic N) is 4. The zero-order valence-corrected chi connectivity index (χ0v) is 11.2. The zero-order chi connectivity index (χ0) is 12.3. The second-order valence-electron chi connectivity index (χ2n) is 3.89. The van der Waals surface area contributed by atoms with E-state index in [1.807, 2.05) is 11.6 Å². The molecule has 0 atom stereocenters. The number of rotatable bonds is 5. The van der Waals surface area contributed by atoms with Gasteiger partial charge in [0.25, 0.3) is 0 Å². The van der Waals surface area contributed by atoms with Crippen molar-refractivity contribution in [2.75, 3.05) is 6.54 Å². The lowest BCUT2D eigenvalue weighted by Crippen LogP contribution is -2.13. The maximum Gasteiger partial charge on any atom is 0.164 e. The Balaban J connectivity index is 2.01. The highest BCUT2D eigenvalue weighted by atomic mass is 32.1. The van der Waals surface area contributed by atoms with Crippen molar-refractivity contribution >= 4 is 11.3 Å². The van der Waals surface area contributed by atoms with Crippen molar-refractivity contribution in [3.8, 4) is 0 Å². The van der Waals surface area contributed by atoms with E-state index in [1.54, 1.807) is 17.7 Å². The number of thiazole rings is 1. The molecule has 0 radical (unpaired) electrons. The highest BCUT2D eigenvalue weighted by Gasteiger charge is 2.06. The number of aromatic nitrogens is 4. The Labute approximate surface area is 105 Å². The molecule has 2 heterocycles. The lowest BCUT2D eigenvalue weighted by Gasteiger charge is -1.96. The fourth-order valence-corrected chi connectivity index (χ4v) is 2.40. The van der Waals surface area contributed by atoms with Crippen molar-refractivity contribution in [2.24, 2.45) is 0 Å². The topological polar surface area (TPSA) is 55.6 Å². The fourth-order valence-electron chi connectivity index (χ4n) is 1.47. The molecule has 0 aromatic carbocycles. The summed E-state index contributed by atoms with van der Waals surface area (Å²) in [6.07, 6.45) is 1.76. The molecule has 92 valence electrons. The van der Waals surface area contributed by atoms with Crippen LogP contribution < -0.4 is 5.32 Å². The van der Waals surface area contributed by atoms with Crippen LogP contribution in [0.2, 0.25) is 0 Å². The maximum absolute atomic E-state index is 4.49. The molecule has 6 heteroatoms. The van der Waals surface area contributed by atoms with E-state index < -0.39 is 0 Å². The van der Waals surface area contributed by atoms with Crippen LogP contribution >= 0.6 is 11.3 Å². The van der Waals surface area contributed by atoms with E-state index in [2.05, 4.69) is 34.2 Å². The van der Waals surface area contributed by atoms with E-state index in [0.29, 0.717) is 6.54 Å². The standard InChI is InChI=1S/C11H17N5S/c1-4-12-5-10-13-7-16(15-10)6-11-14-8(2)9(3)17-11/h7,12H,4-6H2,1-3H3. The minimum absolute atomic E-state index is 0.707. The molecule has 0 saturated carbocycles. The molecule has 0 amide bonds. The Morgan fingerprint density at radius 3 is 2.88 bits per heavy atom.